The zero-order chi connectivity index (χ0) is 15.9. The number of rotatable bonds is 2. The summed E-state index contributed by atoms with van der Waals surface area (Å²) in [5, 5.41) is 11.0. The maximum atomic E-state index is 12.3. The minimum absolute atomic E-state index is 0.0326. The molecule has 3 aromatic rings. The molecular weight excluding hydrogens is 284 g/mol. The lowest BCUT2D eigenvalue weighted by atomic mass is 10.1. The third-order valence-electron chi connectivity index (χ3n) is 3.04. The molecule has 0 spiro atoms. The summed E-state index contributed by atoms with van der Waals surface area (Å²) in [5.41, 5.74) is 0.540. The average molecular weight is 300 g/mol. The zero-order valence-electron chi connectivity index (χ0n) is 12.8. The van der Waals surface area contributed by atoms with Gasteiger partial charge < -0.3 is 0 Å². The van der Waals surface area contributed by atoms with Crippen molar-refractivity contribution >= 4 is 17.6 Å². The molecule has 1 amide bonds. The van der Waals surface area contributed by atoms with Crippen LogP contribution in [0.25, 0.3) is 5.78 Å². The minimum Gasteiger partial charge on any atom is -0.288 e. The van der Waals surface area contributed by atoms with Crippen molar-refractivity contribution in [1.29, 1.82) is 0 Å². The van der Waals surface area contributed by atoms with Gasteiger partial charge in [-0.25, -0.2) is 14.2 Å². The van der Waals surface area contributed by atoms with Gasteiger partial charge in [0.25, 0.3) is 11.7 Å². The van der Waals surface area contributed by atoms with Gasteiger partial charge in [0.1, 0.15) is 6.33 Å². The van der Waals surface area contributed by atoms with Crippen LogP contribution in [-0.4, -0.2) is 40.3 Å². The highest BCUT2D eigenvalue weighted by Gasteiger charge is 2.22. The van der Waals surface area contributed by atoms with Crippen LogP contribution in [0, 0.1) is 6.92 Å². The molecule has 9 nitrogen and oxygen atoms in total. The van der Waals surface area contributed by atoms with Crippen molar-refractivity contribution in [2.75, 3.05) is 5.32 Å². The number of aryl methyl sites for hydroxylation is 1. The maximum Gasteiger partial charge on any atom is 0.297 e. The Morgan fingerprint density at radius 3 is 2.73 bits per heavy atom. The summed E-state index contributed by atoms with van der Waals surface area (Å²) in [5.74, 6) is 0.303. The third kappa shape index (κ3) is 2.41. The van der Waals surface area contributed by atoms with Crippen LogP contribution in [0.3, 0.4) is 0 Å². The second-order valence-electron chi connectivity index (χ2n) is 5.85. The number of fused-ring (bicyclic) bond motifs is 1. The number of anilines is 1. The Morgan fingerprint density at radius 1 is 1.27 bits per heavy atom. The van der Waals surface area contributed by atoms with E-state index in [4.69, 9.17) is 0 Å². The third-order valence-corrected chi connectivity index (χ3v) is 3.04. The van der Waals surface area contributed by atoms with Crippen LogP contribution in [0.5, 0.6) is 0 Å². The van der Waals surface area contributed by atoms with E-state index < -0.39 is 5.91 Å². The molecule has 0 saturated carbocycles. The number of hydrogen-bond acceptors (Lipinski definition) is 6. The first kappa shape index (κ1) is 14.1. The number of carbonyl (C=O) groups excluding carboxylic acids is 1. The number of amides is 1. The standard InChI is InChI=1S/C13H16N8O/c1-8-5-6-14-11-17-9(19-20(8)11)10(22)18-12-15-7-16-21(12)13(2,3)4/h5-7H,1-4H3,(H,15,16,18,22). The number of aromatic nitrogens is 7. The molecule has 0 saturated heterocycles. The van der Waals surface area contributed by atoms with E-state index in [9.17, 15) is 4.79 Å². The van der Waals surface area contributed by atoms with Crippen molar-refractivity contribution in [2.45, 2.75) is 33.2 Å². The molecule has 9 heteroatoms. The normalized spacial score (nSPS) is 11.8. The quantitative estimate of drug-likeness (QED) is 0.758. The summed E-state index contributed by atoms with van der Waals surface area (Å²) in [6, 6.07) is 1.79. The van der Waals surface area contributed by atoms with E-state index in [1.165, 1.54) is 10.8 Å². The van der Waals surface area contributed by atoms with Gasteiger partial charge in [-0.15, -0.1) is 5.10 Å². The molecule has 3 rings (SSSR count). The summed E-state index contributed by atoms with van der Waals surface area (Å²) in [4.78, 5) is 24.6. The molecule has 0 aromatic carbocycles. The van der Waals surface area contributed by atoms with Gasteiger partial charge in [0.05, 0.1) is 5.54 Å². The summed E-state index contributed by atoms with van der Waals surface area (Å²) < 4.78 is 3.15. The van der Waals surface area contributed by atoms with Crippen molar-refractivity contribution in [3.8, 4) is 0 Å². The fourth-order valence-electron chi connectivity index (χ4n) is 1.98. The van der Waals surface area contributed by atoms with E-state index in [2.05, 4.69) is 30.5 Å². The van der Waals surface area contributed by atoms with Gasteiger partial charge in [0.15, 0.2) is 0 Å². The summed E-state index contributed by atoms with van der Waals surface area (Å²) in [6.45, 7) is 7.76. The van der Waals surface area contributed by atoms with Gasteiger partial charge in [-0.05, 0) is 33.8 Å². The van der Waals surface area contributed by atoms with Crippen LogP contribution in [0.15, 0.2) is 18.6 Å². The van der Waals surface area contributed by atoms with Crippen molar-refractivity contribution in [3.63, 3.8) is 0 Å². The van der Waals surface area contributed by atoms with Gasteiger partial charge in [-0.1, -0.05) is 0 Å². The van der Waals surface area contributed by atoms with Gasteiger partial charge >= 0.3 is 0 Å². The van der Waals surface area contributed by atoms with Crippen LogP contribution in [0.4, 0.5) is 5.95 Å². The van der Waals surface area contributed by atoms with E-state index in [1.807, 2.05) is 27.7 Å². The van der Waals surface area contributed by atoms with E-state index in [0.717, 1.165) is 5.69 Å². The minimum atomic E-state index is -0.455. The predicted octanol–water partition coefficient (Wildman–Crippen LogP) is 1.03. The highest BCUT2D eigenvalue weighted by atomic mass is 16.2. The fourth-order valence-corrected chi connectivity index (χ4v) is 1.98. The molecule has 0 radical (unpaired) electrons. The van der Waals surface area contributed by atoms with Crippen LogP contribution in [0.1, 0.15) is 37.1 Å². The molecule has 114 valence electrons. The largest absolute Gasteiger partial charge is 0.297 e. The summed E-state index contributed by atoms with van der Waals surface area (Å²) in [7, 11) is 0. The summed E-state index contributed by atoms with van der Waals surface area (Å²) >= 11 is 0. The number of hydrogen-bond donors (Lipinski definition) is 1. The van der Waals surface area contributed by atoms with Gasteiger partial charge in [-0.2, -0.15) is 15.1 Å². The lowest BCUT2D eigenvalue weighted by Crippen LogP contribution is -2.27. The molecule has 22 heavy (non-hydrogen) atoms. The number of carbonyl (C=O) groups is 1. The van der Waals surface area contributed by atoms with E-state index in [1.54, 1.807) is 16.9 Å². The lowest BCUT2D eigenvalue weighted by Gasteiger charge is -2.20. The molecule has 0 unspecified atom stereocenters. The van der Waals surface area contributed by atoms with E-state index in [-0.39, 0.29) is 11.4 Å². The Labute approximate surface area is 126 Å². The highest BCUT2D eigenvalue weighted by Crippen LogP contribution is 2.17. The number of nitrogens with one attached hydrogen (secondary N) is 1. The Kier molecular flexibility index (Phi) is 3.12. The molecule has 0 aliphatic carbocycles. The molecular formula is C13H16N8O. The Bertz CT molecular complexity index is 841. The predicted molar refractivity (Wildman–Crippen MR) is 78.5 cm³/mol. The second-order valence-corrected chi connectivity index (χ2v) is 5.85. The van der Waals surface area contributed by atoms with Crippen LogP contribution in [0.2, 0.25) is 0 Å². The van der Waals surface area contributed by atoms with E-state index in [0.29, 0.717) is 11.7 Å². The van der Waals surface area contributed by atoms with Gasteiger partial charge in [0, 0.05) is 11.9 Å². The second kappa shape index (κ2) is 4.86. The molecule has 1 N–H and O–H groups in total. The SMILES string of the molecule is Cc1ccnc2nc(C(=O)Nc3ncnn3C(C)(C)C)nn12. The maximum absolute atomic E-state index is 12.3. The molecule has 0 aliphatic rings. The van der Waals surface area contributed by atoms with Crippen molar-refractivity contribution in [3.05, 3.63) is 30.1 Å². The van der Waals surface area contributed by atoms with Crippen molar-refractivity contribution in [1.82, 2.24) is 34.3 Å². The number of nitrogens with zero attached hydrogens (tertiary/aromatic N) is 7. The average Bonchev–Trinajstić information content (AvgIpc) is 3.04. The van der Waals surface area contributed by atoms with Crippen LogP contribution < -0.4 is 5.32 Å². The Hall–Kier alpha value is -2.84. The first-order chi connectivity index (χ1) is 10.4. The Balaban J connectivity index is 1.91. The summed E-state index contributed by atoms with van der Waals surface area (Å²) in [6.07, 6.45) is 3.01. The highest BCUT2D eigenvalue weighted by molar-refractivity contribution is 6.00. The molecule has 3 heterocycles. The van der Waals surface area contributed by atoms with Crippen LogP contribution >= 0.6 is 0 Å². The molecule has 0 bridgehead atoms. The Morgan fingerprint density at radius 2 is 2.05 bits per heavy atom. The van der Waals surface area contributed by atoms with Crippen molar-refractivity contribution < 1.29 is 4.79 Å². The van der Waals surface area contributed by atoms with Gasteiger partial charge in [-0.3, -0.25) is 10.1 Å². The smallest absolute Gasteiger partial charge is 0.288 e. The zero-order valence-corrected chi connectivity index (χ0v) is 12.8. The first-order valence-corrected chi connectivity index (χ1v) is 6.76. The van der Waals surface area contributed by atoms with Crippen LogP contribution in [-0.2, 0) is 5.54 Å². The van der Waals surface area contributed by atoms with Crippen molar-refractivity contribution in [2.24, 2.45) is 0 Å². The monoisotopic (exact) mass is 300 g/mol. The van der Waals surface area contributed by atoms with E-state index >= 15 is 0 Å². The fraction of sp³-hybridized carbons (Fsp3) is 0.385. The topological polar surface area (TPSA) is 103 Å². The lowest BCUT2D eigenvalue weighted by molar-refractivity contribution is 0.101. The molecule has 0 atom stereocenters. The molecule has 0 fully saturated rings. The molecule has 3 aromatic heterocycles. The molecule has 0 aliphatic heterocycles. The first-order valence-electron chi connectivity index (χ1n) is 6.76. The van der Waals surface area contributed by atoms with Gasteiger partial charge in [0.2, 0.25) is 11.8 Å².